The van der Waals surface area contributed by atoms with Gasteiger partial charge in [0.05, 0.1) is 36.9 Å². The Morgan fingerprint density at radius 3 is 1.99 bits per heavy atom. The van der Waals surface area contributed by atoms with Gasteiger partial charge in [0.2, 0.25) is 0 Å². The largest absolute Gasteiger partial charge is 0.479 e. The van der Waals surface area contributed by atoms with E-state index in [2.05, 4.69) is 54.5 Å². The molecule has 0 radical (unpaired) electrons. The number of fused-ring (bicyclic) bond motifs is 7. The molecular formula is C50H80O20. The highest BCUT2D eigenvalue weighted by atomic mass is 16.7. The minimum Gasteiger partial charge on any atom is -0.479 e. The van der Waals surface area contributed by atoms with Gasteiger partial charge in [-0.15, -0.1) is 0 Å². The predicted molar refractivity (Wildman–Crippen MR) is 241 cm³/mol. The molecule has 0 spiro atoms. The van der Waals surface area contributed by atoms with Gasteiger partial charge >= 0.3 is 11.9 Å². The Bertz CT molecular complexity index is 1960. The number of aliphatic hydroxyl groups is 10. The van der Waals surface area contributed by atoms with Gasteiger partial charge in [-0.25, -0.2) is 4.79 Å². The van der Waals surface area contributed by atoms with E-state index in [1.54, 1.807) is 6.92 Å². The molecule has 7 fully saturated rings. The number of carboxylic acids is 1. The van der Waals surface area contributed by atoms with Crippen LogP contribution in [-0.2, 0) is 42.7 Å². The smallest absolute Gasteiger partial charge is 0.335 e. The lowest BCUT2D eigenvalue weighted by molar-refractivity contribution is -0.365. The maximum atomic E-state index is 13.2. The van der Waals surface area contributed by atoms with Crippen LogP contribution in [0.25, 0.3) is 0 Å². The summed E-state index contributed by atoms with van der Waals surface area (Å²) >= 11 is 0. The van der Waals surface area contributed by atoms with Gasteiger partial charge in [0.25, 0.3) is 0 Å². The van der Waals surface area contributed by atoms with Gasteiger partial charge in [-0.2, -0.15) is 0 Å². The third-order valence-electron chi connectivity index (χ3n) is 19.6. The van der Waals surface area contributed by atoms with E-state index in [9.17, 15) is 65.8 Å². The molecule has 25 atom stereocenters. The van der Waals surface area contributed by atoms with E-state index in [1.807, 2.05) is 0 Å². The fourth-order valence-corrected chi connectivity index (χ4v) is 15.6. The van der Waals surface area contributed by atoms with Crippen molar-refractivity contribution in [2.75, 3.05) is 13.2 Å². The molecule has 0 bridgehead atoms. The van der Waals surface area contributed by atoms with Gasteiger partial charge in [-0.3, -0.25) is 4.79 Å². The van der Waals surface area contributed by atoms with Crippen molar-refractivity contribution in [3.8, 4) is 0 Å². The Labute approximate surface area is 409 Å². The molecule has 4 saturated carbocycles. The Morgan fingerprint density at radius 2 is 1.34 bits per heavy atom. The Balaban J connectivity index is 1.07. The normalized spacial score (nSPS) is 53.0. The first kappa shape index (κ1) is 54.3. The van der Waals surface area contributed by atoms with Crippen LogP contribution in [0.15, 0.2) is 11.6 Å². The average molecular weight is 1000 g/mol. The van der Waals surface area contributed by atoms with Crippen LogP contribution in [0.4, 0.5) is 0 Å². The number of carbonyl (C=O) groups is 2. The van der Waals surface area contributed by atoms with Crippen molar-refractivity contribution in [3.63, 3.8) is 0 Å². The first-order valence-electron chi connectivity index (χ1n) is 25.2. The summed E-state index contributed by atoms with van der Waals surface area (Å²) in [6.45, 7) is 17.4. The van der Waals surface area contributed by atoms with E-state index in [-0.39, 0.29) is 40.6 Å². The summed E-state index contributed by atoms with van der Waals surface area (Å²) in [6.07, 6.45) is -19.6. The molecule has 20 heteroatoms. The number of hydrogen-bond acceptors (Lipinski definition) is 19. The molecule has 8 rings (SSSR count). The summed E-state index contributed by atoms with van der Waals surface area (Å²) in [5.74, 6) is -2.26. The molecule has 0 aromatic heterocycles. The molecule has 70 heavy (non-hydrogen) atoms. The van der Waals surface area contributed by atoms with Crippen molar-refractivity contribution < 1.29 is 98.9 Å². The van der Waals surface area contributed by atoms with Crippen LogP contribution in [0.2, 0.25) is 0 Å². The molecule has 5 aliphatic carbocycles. The number of rotatable bonds is 10. The van der Waals surface area contributed by atoms with Crippen molar-refractivity contribution in [3.05, 3.63) is 11.6 Å². The lowest BCUT2D eigenvalue weighted by Gasteiger charge is -2.72. The minimum absolute atomic E-state index is 0.0343. The zero-order chi connectivity index (χ0) is 51.6. The van der Waals surface area contributed by atoms with Crippen molar-refractivity contribution in [1.82, 2.24) is 0 Å². The monoisotopic (exact) mass is 1000 g/mol. The van der Waals surface area contributed by atoms with E-state index in [1.165, 1.54) is 12.5 Å². The highest BCUT2D eigenvalue weighted by Gasteiger charge is 2.72. The van der Waals surface area contributed by atoms with Crippen LogP contribution in [0.1, 0.15) is 114 Å². The third kappa shape index (κ3) is 8.52. The van der Waals surface area contributed by atoms with Crippen LogP contribution >= 0.6 is 0 Å². The Hall–Kier alpha value is -1.96. The number of aliphatic carboxylic acids is 1. The van der Waals surface area contributed by atoms with Gasteiger partial charge in [0.15, 0.2) is 25.0 Å². The maximum absolute atomic E-state index is 13.2. The number of aliphatic hydroxyl groups excluding tert-OH is 10. The minimum atomic E-state index is -1.99. The van der Waals surface area contributed by atoms with E-state index in [4.69, 9.17) is 33.2 Å². The van der Waals surface area contributed by atoms with Crippen LogP contribution in [0.3, 0.4) is 0 Å². The number of hydrogen-bond donors (Lipinski definition) is 11. The first-order valence-corrected chi connectivity index (χ1v) is 25.2. The Kier molecular flexibility index (Phi) is 14.7. The standard InChI is InChI=1S/C50H80O20/c1-21-31(54)33(56)35(58)42(65-21)64-20-50-24(16-45(3,4)17-28(50)53)23-10-11-27-47(7)14-13-29(46(5,6)26(47)12-15-48(27,8)49(23,9)18-30(50)66-22(2)52)68-44-38(61)39(37(60)40(70-44)41(62)63)69-43-36(59)34(57)32(55)25(19-51)67-43/h10,21,24-40,42-44,51,53-61H,11-20H2,1-9H3,(H,62,63)/t21-,24-,25+,26-,27+,28+,29+,30-,31+,32-,33-,34-,35-,36-,37-,38-,39+,40+,42-,43+,44-,47+,48+,49+,50+/m0/s1. The number of carbonyl (C=O) groups excluding carboxylic acids is 1. The van der Waals surface area contributed by atoms with Gasteiger partial charge in [-0.05, 0) is 103 Å². The van der Waals surface area contributed by atoms with Gasteiger partial charge in [0.1, 0.15) is 67.1 Å². The fraction of sp³-hybridized carbons (Fsp3) is 0.920. The molecule has 11 N–H and O–H groups in total. The van der Waals surface area contributed by atoms with Crippen molar-refractivity contribution >= 4 is 11.9 Å². The Morgan fingerprint density at radius 1 is 0.700 bits per heavy atom. The molecule has 8 aliphatic rings. The quantitative estimate of drug-likeness (QED) is 0.0794. The van der Waals surface area contributed by atoms with E-state index >= 15 is 0 Å². The molecule has 0 aromatic carbocycles. The predicted octanol–water partition coefficient (Wildman–Crippen LogP) is 0.246. The summed E-state index contributed by atoms with van der Waals surface area (Å²) in [4.78, 5) is 25.7. The van der Waals surface area contributed by atoms with Gasteiger partial charge < -0.3 is 89.3 Å². The molecule has 400 valence electrons. The summed E-state index contributed by atoms with van der Waals surface area (Å²) in [7, 11) is 0. The van der Waals surface area contributed by atoms with Crippen LogP contribution in [0, 0.1) is 50.2 Å². The van der Waals surface area contributed by atoms with Gasteiger partial charge in [0, 0.05) is 6.92 Å². The lowest BCUT2D eigenvalue weighted by Crippen LogP contribution is -2.70. The zero-order valence-electron chi connectivity index (χ0n) is 41.9. The molecule has 3 saturated heterocycles. The number of allylic oxidation sites excluding steroid dienone is 2. The SMILES string of the molecule is CC(=O)O[C@H]1C[C@]2(C)C(=CC[C@@H]3[C@]4(C)CC[C@@H](O[C@H]5O[C@@H](C(=O)O)[C@@H](O)[C@@H](O[C@H]6O[C@H](CO)[C@H](O)[C@H](O)[C@@H]6O)[C@@H]5O)C(C)(C)[C@@H]4CC[C@]32C)[C@@H]2CC(C)(C)C[C@@H](O)[C@]12CO[C@H]1O[C@@H](C)[C@@H](O)[C@H](O)[C@@H]1O. The number of esters is 1. The van der Waals surface area contributed by atoms with Crippen LogP contribution in [0.5, 0.6) is 0 Å². The van der Waals surface area contributed by atoms with E-state index < -0.39 is 145 Å². The van der Waals surface area contributed by atoms with Crippen molar-refractivity contribution in [2.24, 2.45) is 50.2 Å². The molecule has 3 heterocycles. The second-order valence-corrected chi connectivity index (χ2v) is 24.4. The van der Waals surface area contributed by atoms with E-state index in [0.717, 1.165) is 12.8 Å². The number of ether oxygens (including phenoxy) is 7. The summed E-state index contributed by atoms with van der Waals surface area (Å²) in [5.41, 5.74) is -2.09. The van der Waals surface area contributed by atoms with Crippen molar-refractivity contribution in [1.29, 1.82) is 0 Å². The topological polar surface area (TPSA) is 321 Å². The summed E-state index contributed by atoms with van der Waals surface area (Å²) in [5, 5.41) is 119. The highest BCUT2D eigenvalue weighted by Crippen LogP contribution is 2.76. The highest BCUT2D eigenvalue weighted by molar-refractivity contribution is 5.73. The molecule has 0 unspecified atom stereocenters. The average Bonchev–Trinajstić information content (AvgIpc) is 3.26. The molecule has 0 amide bonds. The molecular weight excluding hydrogens is 921 g/mol. The van der Waals surface area contributed by atoms with Crippen LogP contribution < -0.4 is 0 Å². The number of carboxylic acid groups (broad SMARTS) is 1. The lowest BCUT2D eigenvalue weighted by atomic mass is 9.33. The molecule has 3 aliphatic heterocycles. The van der Waals surface area contributed by atoms with E-state index in [0.29, 0.717) is 38.5 Å². The maximum Gasteiger partial charge on any atom is 0.335 e. The van der Waals surface area contributed by atoms with Crippen LogP contribution in [-0.4, -0.2) is 192 Å². The van der Waals surface area contributed by atoms with Crippen molar-refractivity contribution in [2.45, 2.75) is 224 Å². The second kappa shape index (κ2) is 19.0. The van der Waals surface area contributed by atoms with Gasteiger partial charge in [-0.1, -0.05) is 60.1 Å². The third-order valence-corrected chi connectivity index (χ3v) is 19.6. The summed E-state index contributed by atoms with van der Waals surface area (Å²) < 4.78 is 42.3. The fourth-order valence-electron chi connectivity index (χ4n) is 15.6. The first-order chi connectivity index (χ1) is 32.5. The zero-order valence-corrected chi connectivity index (χ0v) is 41.9. The molecule has 0 aromatic rings. The second-order valence-electron chi connectivity index (χ2n) is 24.4. The molecule has 20 nitrogen and oxygen atoms in total. The summed E-state index contributed by atoms with van der Waals surface area (Å²) in [6, 6.07) is 0.